The maximum absolute atomic E-state index is 12.2. The molecule has 1 aliphatic rings. The second-order valence-corrected chi connectivity index (χ2v) is 6.62. The molecule has 0 bridgehead atoms. The standard InChI is InChI=1S/C17H24ClN3O2.ClH/c1-11(13-4-3-7-19-10-13)8-17(23)21-14-5-6-16(15(18)9-14)20-12(2)22;/h5-6,9,11,13,19H,3-4,7-8,10H2,1-2H3,(H,20,22)(H,21,23);1H. The van der Waals surface area contributed by atoms with Crippen molar-refractivity contribution < 1.29 is 9.59 Å². The number of benzene rings is 1. The van der Waals surface area contributed by atoms with Gasteiger partial charge in [0.05, 0.1) is 10.7 Å². The highest BCUT2D eigenvalue weighted by Crippen LogP contribution is 2.27. The zero-order valence-electron chi connectivity index (χ0n) is 14.0. The van der Waals surface area contributed by atoms with E-state index in [0.717, 1.165) is 13.1 Å². The van der Waals surface area contributed by atoms with Gasteiger partial charge in [0.15, 0.2) is 0 Å². The van der Waals surface area contributed by atoms with Gasteiger partial charge in [0.1, 0.15) is 0 Å². The van der Waals surface area contributed by atoms with E-state index in [4.69, 9.17) is 11.6 Å². The van der Waals surface area contributed by atoms with Crippen LogP contribution in [-0.2, 0) is 9.59 Å². The van der Waals surface area contributed by atoms with E-state index in [2.05, 4.69) is 22.9 Å². The van der Waals surface area contributed by atoms with E-state index >= 15 is 0 Å². The fourth-order valence-electron chi connectivity index (χ4n) is 2.92. The highest BCUT2D eigenvalue weighted by Gasteiger charge is 2.22. The highest BCUT2D eigenvalue weighted by molar-refractivity contribution is 6.34. The molecule has 1 aromatic carbocycles. The number of anilines is 2. The van der Waals surface area contributed by atoms with Crippen LogP contribution >= 0.6 is 24.0 Å². The Morgan fingerprint density at radius 1 is 1.38 bits per heavy atom. The van der Waals surface area contributed by atoms with Gasteiger partial charge in [0.25, 0.3) is 0 Å². The molecule has 0 spiro atoms. The molecule has 0 aromatic heterocycles. The number of carbonyl (C=O) groups excluding carboxylic acids is 2. The summed E-state index contributed by atoms with van der Waals surface area (Å²) >= 11 is 6.11. The fraction of sp³-hybridized carbons (Fsp3) is 0.529. The molecule has 2 unspecified atom stereocenters. The Labute approximate surface area is 154 Å². The van der Waals surface area contributed by atoms with Gasteiger partial charge in [-0.2, -0.15) is 0 Å². The van der Waals surface area contributed by atoms with Crippen LogP contribution in [0.4, 0.5) is 11.4 Å². The number of halogens is 2. The Kier molecular flexibility index (Phi) is 8.53. The molecular weight excluding hydrogens is 349 g/mol. The first-order chi connectivity index (χ1) is 11.0. The number of rotatable bonds is 5. The third-order valence-electron chi connectivity index (χ3n) is 4.21. The minimum atomic E-state index is -0.182. The molecule has 1 aromatic rings. The third-order valence-corrected chi connectivity index (χ3v) is 4.52. The first kappa shape index (κ1) is 20.7. The summed E-state index contributed by atoms with van der Waals surface area (Å²) in [5.74, 6) is 0.710. The fourth-order valence-corrected chi connectivity index (χ4v) is 3.15. The molecule has 2 atom stereocenters. The lowest BCUT2D eigenvalue weighted by Crippen LogP contribution is -2.34. The maximum atomic E-state index is 12.2. The summed E-state index contributed by atoms with van der Waals surface area (Å²) in [5, 5.41) is 9.30. The van der Waals surface area contributed by atoms with Gasteiger partial charge in [0.2, 0.25) is 11.8 Å². The van der Waals surface area contributed by atoms with Crippen LogP contribution in [0.1, 0.15) is 33.1 Å². The third kappa shape index (κ3) is 6.30. The van der Waals surface area contributed by atoms with Crippen molar-refractivity contribution in [3.63, 3.8) is 0 Å². The molecule has 0 radical (unpaired) electrons. The summed E-state index contributed by atoms with van der Waals surface area (Å²) < 4.78 is 0. The van der Waals surface area contributed by atoms with Crippen molar-refractivity contribution in [2.45, 2.75) is 33.1 Å². The van der Waals surface area contributed by atoms with Crippen molar-refractivity contribution >= 4 is 47.2 Å². The van der Waals surface area contributed by atoms with Gasteiger partial charge in [-0.25, -0.2) is 0 Å². The predicted molar refractivity (Wildman–Crippen MR) is 101 cm³/mol. The summed E-state index contributed by atoms with van der Waals surface area (Å²) in [6, 6.07) is 5.08. The van der Waals surface area contributed by atoms with Gasteiger partial charge >= 0.3 is 0 Å². The topological polar surface area (TPSA) is 70.2 Å². The number of hydrogen-bond acceptors (Lipinski definition) is 3. The zero-order valence-corrected chi connectivity index (χ0v) is 15.6. The summed E-state index contributed by atoms with van der Waals surface area (Å²) in [7, 11) is 0. The highest BCUT2D eigenvalue weighted by atomic mass is 35.5. The monoisotopic (exact) mass is 373 g/mol. The lowest BCUT2D eigenvalue weighted by Gasteiger charge is -2.28. The number of nitrogens with one attached hydrogen (secondary N) is 3. The Hall–Kier alpha value is -1.30. The van der Waals surface area contributed by atoms with E-state index in [1.165, 1.54) is 19.8 Å². The SMILES string of the molecule is CC(=O)Nc1ccc(NC(=O)CC(C)C2CCCNC2)cc1Cl.Cl. The largest absolute Gasteiger partial charge is 0.326 e. The van der Waals surface area contributed by atoms with Crippen molar-refractivity contribution in [3.8, 4) is 0 Å². The number of amides is 2. The van der Waals surface area contributed by atoms with E-state index in [0.29, 0.717) is 34.7 Å². The van der Waals surface area contributed by atoms with Crippen LogP contribution < -0.4 is 16.0 Å². The Morgan fingerprint density at radius 2 is 2.12 bits per heavy atom. The van der Waals surface area contributed by atoms with Gasteiger partial charge in [0, 0.05) is 19.0 Å². The molecule has 0 aliphatic carbocycles. The van der Waals surface area contributed by atoms with E-state index in [1.54, 1.807) is 18.2 Å². The van der Waals surface area contributed by atoms with Crippen molar-refractivity contribution in [1.82, 2.24) is 5.32 Å². The lowest BCUT2D eigenvalue weighted by atomic mass is 9.85. The molecule has 1 fully saturated rings. The lowest BCUT2D eigenvalue weighted by molar-refractivity contribution is -0.117. The Bertz CT molecular complexity index is 575. The molecule has 24 heavy (non-hydrogen) atoms. The number of carbonyl (C=O) groups is 2. The molecule has 0 saturated carbocycles. The van der Waals surface area contributed by atoms with Crippen LogP contribution in [0, 0.1) is 11.8 Å². The van der Waals surface area contributed by atoms with Gasteiger partial charge < -0.3 is 16.0 Å². The minimum absolute atomic E-state index is 0. The van der Waals surface area contributed by atoms with Crippen LogP contribution in [0.15, 0.2) is 18.2 Å². The second kappa shape index (κ2) is 9.87. The quantitative estimate of drug-likeness (QED) is 0.736. The molecule has 2 rings (SSSR count). The average molecular weight is 374 g/mol. The van der Waals surface area contributed by atoms with Crippen LogP contribution in [0.2, 0.25) is 5.02 Å². The first-order valence-corrected chi connectivity index (χ1v) is 8.41. The van der Waals surface area contributed by atoms with Crippen molar-refractivity contribution in [2.24, 2.45) is 11.8 Å². The molecule has 134 valence electrons. The smallest absolute Gasteiger partial charge is 0.224 e. The summed E-state index contributed by atoms with van der Waals surface area (Å²) in [5.41, 5.74) is 1.18. The van der Waals surface area contributed by atoms with Crippen LogP contribution in [0.3, 0.4) is 0 Å². The van der Waals surface area contributed by atoms with Crippen LogP contribution in [-0.4, -0.2) is 24.9 Å². The van der Waals surface area contributed by atoms with Crippen molar-refractivity contribution in [3.05, 3.63) is 23.2 Å². The summed E-state index contributed by atoms with van der Waals surface area (Å²) in [6.45, 7) is 5.62. The molecule has 5 nitrogen and oxygen atoms in total. The van der Waals surface area contributed by atoms with E-state index < -0.39 is 0 Å². The molecule has 7 heteroatoms. The van der Waals surface area contributed by atoms with Crippen molar-refractivity contribution in [2.75, 3.05) is 23.7 Å². The van der Waals surface area contributed by atoms with E-state index in [1.807, 2.05) is 0 Å². The van der Waals surface area contributed by atoms with Gasteiger partial charge in [-0.3, -0.25) is 9.59 Å². The molecule has 1 aliphatic heterocycles. The first-order valence-electron chi connectivity index (χ1n) is 8.03. The van der Waals surface area contributed by atoms with Crippen molar-refractivity contribution in [1.29, 1.82) is 0 Å². The molecule has 2 amide bonds. The second-order valence-electron chi connectivity index (χ2n) is 6.21. The Morgan fingerprint density at radius 3 is 2.71 bits per heavy atom. The Balaban J connectivity index is 0.00000288. The zero-order chi connectivity index (χ0) is 16.8. The van der Waals surface area contributed by atoms with E-state index in [-0.39, 0.29) is 24.2 Å². The average Bonchev–Trinajstić information content (AvgIpc) is 2.50. The maximum Gasteiger partial charge on any atom is 0.224 e. The molecule has 3 N–H and O–H groups in total. The number of piperidine rings is 1. The predicted octanol–water partition coefficient (Wildman–Crippen LogP) is 3.68. The number of hydrogen-bond donors (Lipinski definition) is 3. The van der Waals surface area contributed by atoms with Gasteiger partial charge in [-0.05, 0) is 56.0 Å². The molecule has 1 saturated heterocycles. The van der Waals surface area contributed by atoms with E-state index in [9.17, 15) is 9.59 Å². The van der Waals surface area contributed by atoms with Crippen LogP contribution in [0.5, 0.6) is 0 Å². The summed E-state index contributed by atoms with van der Waals surface area (Å²) in [4.78, 5) is 23.3. The van der Waals surface area contributed by atoms with Crippen LogP contribution in [0.25, 0.3) is 0 Å². The normalized spacial score (nSPS) is 18.2. The van der Waals surface area contributed by atoms with Gasteiger partial charge in [-0.15, -0.1) is 12.4 Å². The molecular formula is C17H25Cl2N3O2. The summed E-state index contributed by atoms with van der Waals surface area (Å²) in [6.07, 6.45) is 2.85. The van der Waals surface area contributed by atoms with Gasteiger partial charge in [-0.1, -0.05) is 18.5 Å². The molecule has 1 heterocycles. The minimum Gasteiger partial charge on any atom is -0.326 e.